The third kappa shape index (κ3) is 4.26. The van der Waals surface area contributed by atoms with E-state index in [4.69, 9.17) is 9.47 Å². The lowest BCUT2D eigenvalue weighted by Crippen LogP contribution is -2.21. The number of rotatable bonds is 8. The Hall–Kier alpha value is -3.28. The van der Waals surface area contributed by atoms with Crippen LogP contribution in [0.4, 0.5) is 17.1 Å². The molecule has 0 saturated carbocycles. The summed E-state index contributed by atoms with van der Waals surface area (Å²) in [6.45, 7) is 8.26. The Bertz CT molecular complexity index is 983. The molecule has 3 rings (SSSR count). The summed E-state index contributed by atoms with van der Waals surface area (Å²) in [7, 11) is 1.61. The molecule has 1 N–H and O–H groups in total. The predicted molar refractivity (Wildman–Crippen MR) is 118 cm³/mol. The number of carbonyl (C=O) groups is 1. The van der Waals surface area contributed by atoms with Gasteiger partial charge in [-0.15, -0.1) is 0 Å². The van der Waals surface area contributed by atoms with Gasteiger partial charge in [0.2, 0.25) is 0 Å². The van der Waals surface area contributed by atoms with Crippen LogP contribution in [0.2, 0.25) is 0 Å². The van der Waals surface area contributed by atoms with E-state index in [1.807, 2.05) is 30.3 Å². The fourth-order valence-corrected chi connectivity index (χ4v) is 3.35. The van der Waals surface area contributed by atoms with Crippen LogP contribution in [0.3, 0.4) is 0 Å². The second-order valence-corrected chi connectivity index (χ2v) is 6.47. The lowest BCUT2D eigenvalue weighted by atomic mass is 10.1. The first-order valence-electron chi connectivity index (χ1n) is 9.87. The van der Waals surface area contributed by atoms with Gasteiger partial charge in [-0.2, -0.15) is 0 Å². The largest absolute Gasteiger partial charge is 0.494 e. The Morgan fingerprint density at radius 1 is 1.07 bits per heavy atom. The standard InChI is InChI=1S/C23H27N3O3/c1-5-26(6-2)17-13-11-16(12-14-17)25-21-18-9-8-10-20(28-4)22(18)24-15-19(21)23(27)29-7-3/h8-15H,5-7H2,1-4H3,(H,24,25). The van der Waals surface area contributed by atoms with Gasteiger partial charge in [0.1, 0.15) is 16.8 Å². The first-order valence-corrected chi connectivity index (χ1v) is 9.87. The molecule has 6 heteroatoms. The minimum atomic E-state index is -0.410. The van der Waals surface area contributed by atoms with Crippen LogP contribution < -0.4 is 15.0 Å². The van der Waals surface area contributed by atoms with Crippen molar-refractivity contribution >= 4 is 33.9 Å². The second-order valence-electron chi connectivity index (χ2n) is 6.47. The first-order chi connectivity index (χ1) is 14.1. The molecule has 0 fully saturated rings. The minimum absolute atomic E-state index is 0.299. The minimum Gasteiger partial charge on any atom is -0.494 e. The quantitative estimate of drug-likeness (QED) is 0.543. The highest BCUT2D eigenvalue weighted by Crippen LogP contribution is 2.34. The summed E-state index contributed by atoms with van der Waals surface area (Å²) >= 11 is 0. The van der Waals surface area contributed by atoms with E-state index in [-0.39, 0.29) is 0 Å². The van der Waals surface area contributed by atoms with Crippen molar-refractivity contribution in [2.45, 2.75) is 20.8 Å². The molecule has 6 nitrogen and oxygen atoms in total. The Balaban J connectivity index is 2.06. The van der Waals surface area contributed by atoms with Crippen molar-refractivity contribution in [1.29, 1.82) is 0 Å². The van der Waals surface area contributed by atoms with E-state index < -0.39 is 5.97 Å². The third-order valence-electron chi connectivity index (χ3n) is 4.84. The van der Waals surface area contributed by atoms with E-state index >= 15 is 0 Å². The van der Waals surface area contributed by atoms with Gasteiger partial charge in [-0.05, 0) is 51.1 Å². The van der Waals surface area contributed by atoms with Gasteiger partial charge in [0.15, 0.2) is 0 Å². The maximum Gasteiger partial charge on any atom is 0.341 e. The summed E-state index contributed by atoms with van der Waals surface area (Å²) in [5, 5.41) is 4.19. The SMILES string of the molecule is CCOC(=O)c1cnc2c(OC)cccc2c1Nc1ccc(N(CC)CC)cc1. The maximum atomic E-state index is 12.5. The lowest BCUT2D eigenvalue weighted by molar-refractivity contribution is 0.0527. The molecule has 0 spiro atoms. The number of ether oxygens (including phenoxy) is 2. The van der Waals surface area contributed by atoms with Crippen molar-refractivity contribution in [3.05, 3.63) is 54.2 Å². The van der Waals surface area contributed by atoms with Crippen LogP contribution >= 0.6 is 0 Å². The lowest BCUT2D eigenvalue weighted by Gasteiger charge is -2.21. The number of aromatic nitrogens is 1. The number of hydrogen-bond acceptors (Lipinski definition) is 6. The molecule has 0 unspecified atom stereocenters. The van der Waals surface area contributed by atoms with Crippen molar-refractivity contribution in [3.63, 3.8) is 0 Å². The van der Waals surface area contributed by atoms with Gasteiger partial charge in [-0.3, -0.25) is 4.98 Å². The fraction of sp³-hybridized carbons (Fsp3) is 0.304. The van der Waals surface area contributed by atoms with Gasteiger partial charge in [-0.1, -0.05) is 12.1 Å². The molecular weight excluding hydrogens is 366 g/mol. The van der Waals surface area contributed by atoms with Crippen LogP contribution in [0.15, 0.2) is 48.7 Å². The highest BCUT2D eigenvalue weighted by atomic mass is 16.5. The van der Waals surface area contributed by atoms with Gasteiger partial charge in [0, 0.05) is 36.0 Å². The van der Waals surface area contributed by atoms with Crippen LogP contribution in [0.1, 0.15) is 31.1 Å². The molecule has 29 heavy (non-hydrogen) atoms. The van der Waals surface area contributed by atoms with Crippen LogP contribution in [0, 0.1) is 0 Å². The number of nitrogens with one attached hydrogen (secondary N) is 1. The number of pyridine rings is 1. The predicted octanol–water partition coefficient (Wildman–Crippen LogP) is 5.01. The topological polar surface area (TPSA) is 63.7 Å². The van der Waals surface area contributed by atoms with E-state index in [0.29, 0.717) is 29.1 Å². The number of benzene rings is 2. The van der Waals surface area contributed by atoms with E-state index in [0.717, 1.165) is 29.9 Å². The number of hydrogen-bond donors (Lipinski definition) is 1. The summed E-state index contributed by atoms with van der Waals surface area (Å²) in [6.07, 6.45) is 1.54. The van der Waals surface area contributed by atoms with Gasteiger partial charge in [-0.25, -0.2) is 4.79 Å². The second kappa shape index (κ2) is 9.28. The van der Waals surface area contributed by atoms with Gasteiger partial charge >= 0.3 is 5.97 Å². The zero-order valence-electron chi connectivity index (χ0n) is 17.4. The van der Waals surface area contributed by atoms with Crippen molar-refractivity contribution in [2.75, 3.05) is 37.0 Å². The molecule has 0 bridgehead atoms. The third-order valence-corrected chi connectivity index (χ3v) is 4.84. The van der Waals surface area contributed by atoms with E-state index in [1.165, 1.54) is 6.20 Å². The molecule has 0 aliphatic rings. The van der Waals surface area contributed by atoms with Gasteiger partial charge in [0.25, 0.3) is 0 Å². The summed E-state index contributed by atoms with van der Waals surface area (Å²) in [6, 6.07) is 13.8. The number of para-hydroxylation sites is 1. The van der Waals surface area contributed by atoms with Crippen LogP contribution in [-0.4, -0.2) is 37.8 Å². The van der Waals surface area contributed by atoms with Crippen LogP contribution in [0.5, 0.6) is 5.75 Å². The first kappa shape index (κ1) is 20.5. The maximum absolute atomic E-state index is 12.5. The average molecular weight is 393 g/mol. The van der Waals surface area contributed by atoms with E-state index in [1.54, 1.807) is 14.0 Å². The highest BCUT2D eigenvalue weighted by Gasteiger charge is 2.18. The zero-order valence-corrected chi connectivity index (χ0v) is 17.4. The van der Waals surface area contributed by atoms with Gasteiger partial charge < -0.3 is 19.7 Å². The van der Waals surface area contributed by atoms with Crippen molar-refractivity contribution in [3.8, 4) is 5.75 Å². The Morgan fingerprint density at radius 3 is 2.41 bits per heavy atom. The molecule has 0 aliphatic heterocycles. The Morgan fingerprint density at radius 2 is 1.79 bits per heavy atom. The summed E-state index contributed by atoms with van der Waals surface area (Å²) in [5.41, 5.74) is 3.77. The fourth-order valence-electron chi connectivity index (χ4n) is 3.35. The van der Waals surface area contributed by atoms with E-state index in [2.05, 4.69) is 41.2 Å². The molecule has 0 atom stereocenters. The zero-order chi connectivity index (χ0) is 20.8. The molecule has 0 radical (unpaired) electrons. The highest BCUT2D eigenvalue weighted by molar-refractivity contribution is 6.07. The molecule has 0 saturated heterocycles. The van der Waals surface area contributed by atoms with Gasteiger partial charge in [0.05, 0.1) is 19.4 Å². The Labute approximate surface area is 171 Å². The monoisotopic (exact) mass is 393 g/mol. The number of fused-ring (bicyclic) bond motifs is 1. The number of esters is 1. The van der Waals surface area contributed by atoms with Crippen LogP contribution in [-0.2, 0) is 4.74 Å². The Kier molecular flexibility index (Phi) is 6.54. The molecular formula is C23H27N3O3. The van der Waals surface area contributed by atoms with Crippen molar-refractivity contribution < 1.29 is 14.3 Å². The molecule has 2 aromatic carbocycles. The molecule has 1 heterocycles. The molecule has 1 aromatic heterocycles. The molecule has 0 aliphatic carbocycles. The number of carbonyl (C=O) groups excluding carboxylic acids is 1. The van der Waals surface area contributed by atoms with Crippen LogP contribution in [0.25, 0.3) is 10.9 Å². The number of anilines is 3. The molecule has 152 valence electrons. The summed E-state index contributed by atoms with van der Waals surface area (Å²) in [4.78, 5) is 19.3. The smallest absolute Gasteiger partial charge is 0.341 e. The van der Waals surface area contributed by atoms with Crippen molar-refractivity contribution in [2.24, 2.45) is 0 Å². The average Bonchev–Trinajstić information content (AvgIpc) is 2.75. The summed E-state index contributed by atoms with van der Waals surface area (Å²) in [5.74, 6) is 0.241. The number of nitrogens with zero attached hydrogens (tertiary/aromatic N) is 2. The molecule has 3 aromatic rings. The van der Waals surface area contributed by atoms with Crippen molar-refractivity contribution in [1.82, 2.24) is 4.98 Å². The van der Waals surface area contributed by atoms with E-state index in [9.17, 15) is 4.79 Å². The number of methoxy groups -OCH3 is 1. The summed E-state index contributed by atoms with van der Waals surface area (Å²) < 4.78 is 10.7. The molecule has 0 amide bonds. The normalized spacial score (nSPS) is 10.6.